The van der Waals surface area contributed by atoms with E-state index in [1.54, 1.807) is 6.08 Å². The maximum Gasteiger partial charge on any atom is 0.331 e. The molecule has 1 amide bonds. The van der Waals surface area contributed by atoms with Crippen LogP contribution in [0.3, 0.4) is 0 Å². The zero-order valence-corrected chi connectivity index (χ0v) is 13.7. The van der Waals surface area contributed by atoms with Crippen LogP contribution < -0.4 is 5.32 Å². The van der Waals surface area contributed by atoms with Crippen molar-refractivity contribution in [3.8, 4) is 0 Å². The van der Waals surface area contributed by atoms with Gasteiger partial charge in [0.25, 0.3) is 11.6 Å². The summed E-state index contributed by atoms with van der Waals surface area (Å²) in [4.78, 5) is 33.3. The summed E-state index contributed by atoms with van der Waals surface area (Å²) in [5.41, 5.74) is 0.705. The van der Waals surface area contributed by atoms with Gasteiger partial charge in [-0.15, -0.1) is 0 Å². The predicted octanol–water partition coefficient (Wildman–Crippen LogP) is 3.50. The van der Waals surface area contributed by atoms with Gasteiger partial charge in [-0.3, -0.25) is 14.9 Å². The number of thiophene rings is 1. The van der Waals surface area contributed by atoms with Crippen molar-refractivity contribution in [1.29, 1.82) is 0 Å². The molecule has 1 aromatic heterocycles. The molecule has 0 atom stereocenters. The molecule has 9 heteroatoms. The zero-order chi connectivity index (χ0) is 17.5. The Morgan fingerprint density at radius 2 is 2.17 bits per heavy atom. The van der Waals surface area contributed by atoms with E-state index < -0.39 is 23.4 Å². The van der Waals surface area contributed by atoms with E-state index in [9.17, 15) is 19.7 Å². The molecule has 0 aliphatic heterocycles. The first kappa shape index (κ1) is 17.6. The number of benzene rings is 1. The minimum atomic E-state index is -0.679. The topological polar surface area (TPSA) is 98.5 Å². The van der Waals surface area contributed by atoms with Crippen LogP contribution in [0, 0.1) is 10.1 Å². The molecular formula is C15H11ClN2O5S. The van der Waals surface area contributed by atoms with Crippen molar-refractivity contribution in [3.05, 3.63) is 61.8 Å². The molecule has 24 heavy (non-hydrogen) atoms. The maximum absolute atomic E-state index is 11.7. The van der Waals surface area contributed by atoms with Crippen LogP contribution in [-0.2, 0) is 14.3 Å². The molecule has 0 aliphatic rings. The Morgan fingerprint density at radius 1 is 1.38 bits per heavy atom. The Labute approximate surface area is 145 Å². The molecule has 0 radical (unpaired) electrons. The molecule has 0 fully saturated rings. The summed E-state index contributed by atoms with van der Waals surface area (Å²) in [6, 6.07) is 5.46. The Morgan fingerprint density at radius 3 is 2.83 bits per heavy atom. The standard InChI is InChI=1S/C15H11ClN2O5S/c16-12-3-2-11(18(21)22)7-13(12)17-14(19)8-23-15(20)4-1-10-5-6-24-9-10/h1-7,9H,8H2,(H,17,19)/b4-1+. The van der Waals surface area contributed by atoms with E-state index in [0.717, 1.165) is 11.6 Å². The Kier molecular flexibility index (Phi) is 6.05. The summed E-state index contributed by atoms with van der Waals surface area (Å²) in [7, 11) is 0. The lowest BCUT2D eigenvalue weighted by Crippen LogP contribution is -2.20. The van der Waals surface area contributed by atoms with Crippen LogP contribution in [0.2, 0.25) is 5.02 Å². The lowest BCUT2D eigenvalue weighted by molar-refractivity contribution is -0.384. The van der Waals surface area contributed by atoms with E-state index in [4.69, 9.17) is 16.3 Å². The summed E-state index contributed by atoms with van der Waals surface area (Å²) < 4.78 is 4.78. The molecule has 0 bridgehead atoms. The van der Waals surface area contributed by atoms with E-state index >= 15 is 0 Å². The molecule has 0 saturated heterocycles. The minimum absolute atomic E-state index is 0.0701. The summed E-state index contributed by atoms with van der Waals surface area (Å²) >= 11 is 7.35. The minimum Gasteiger partial charge on any atom is -0.452 e. The largest absolute Gasteiger partial charge is 0.452 e. The molecule has 7 nitrogen and oxygen atoms in total. The number of nitro groups is 1. The van der Waals surface area contributed by atoms with Crippen molar-refractivity contribution >= 4 is 52.3 Å². The Balaban J connectivity index is 1.88. The average Bonchev–Trinajstić information content (AvgIpc) is 3.06. The van der Waals surface area contributed by atoms with Crippen LogP contribution in [0.4, 0.5) is 11.4 Å². The first-order valence-corrected chi connectivity index (χ1v) is 7.88. The number of carbonyl (C=O) groups excluding carboxylic acids is 2. The van der Waals surface area contributed by atoms with Gasteiger partial charge >= 0.3 is 5.97 Å². The van der Waals surface area contributed by atoms with Gasteiger partial charge in [0.1, 0.15) is 0 Å². The predicted molar refractivity (Wildman–Crippen MR) is 91.0 cm³/mol. The fraction of sp³-hybridized carbons (Fsp3) is 0.0667. The van der Waals surface area contributed by atoms with Crippen LogP contribution in [0.25, 0.3) is 6.08 Å². The fourth-order valence-corrected chi connectivity index (χ4v) is 2.42. The number of anilines is 1. The molecule has 124 valence electrons. The Hall–Kier alpha value is -2.71. The molecule has 0 saturated carbocycles. The number of hydrogen-bond donors (Lipinski definition) is 1. The highest BCUT2D eigenvalue weighted by Gasteiger charge is 2.13. The molecule has 2 rings (SSSR count). The maximum atomic E-state index is 11.7. The van der Waals surface area contributed by atoms with Gasteiger partial charge in [-0.25, -0.2) is 4.79 Å². The van der Waals surface area contributed by atoms with Gasteiger partial charge in [-0.1, -0.05) is 11.6 Å². The smallest absolute Gasteiger partial charge is 0.331 e. The number of halogens is 1. The number of nitro benzene ring substituents is 1. The molecule has 0 unspecified atom stereocenters. The van der Waals surface area contributed by atoms with E-state index in [0.29, 0.717) is 0 Å². The second-order valence-electron chi connectivity index (χ2n) is 4.47. The number of rotatable bonds is 6. The monoisotopic (exact) mass is 366 g/mol. The van der Waals surface area contributed by atoms with Crippen molar-refractivity contribution in [2.45, 2.75) is 0 Å². The fourth-order valence-electron chi connectivity index (χ4n) is 1.63. The van der Waals surface area contributed by atoms with Gasteiger partial charge < -0.3 is 10.1 Å². The Bertz CT molecular complexity index is 789. The average molecular weight is 367 g/mol. The van der Waals surface area contributed by atoms with Crippen LogP contribution in [0.15, 0.2) is 41.1 Å². The zero-order valence-electron chi connectivity index (χ0n) is 12.1. The van der Waals surface area contributed by atoms with Crippen LogP contribution in [0.5, 0.6) is 0 Å². The molecule has 1 N–H and O–H groups in total. The summed E-state index contributed by atoms with van der Waals surface area (Å²) in [6.45, 7) is -0.536. The first-order valence-electron chi connectivity index (χ1n) is 6.56. The van der Waals surface area contributed by atoms with Crippen molar-refractivity contribution in [2.24, 2.45) is 0 Å². The van der Waals surface area contributed by atoms with Crippen molar-refractivity contribution in [1.82, 2.24) is 0 Å². The van der Waals surface area contributed by atoms with Gasteiger partial charge in [-0.2, -0.15) is 11.3 Å². The van der Waals surface area contributed by atoms with Crippen LogP contribution >= 0.6 is 22.9 Å². The molecule has 2 aromatic rings. The summed E-state index contributed by atoms with van der Waals surface area (Å²) in [5.74, 6) is -1.34. The highest BCUT2D eigenvalue weighted by Crippen LogP contribution is 2.26. The van der Waals surface area contributed by atoms with Gasteiger partial charge in [-0.05, 0) is 34.5 Å². The molecule has 0 aliphatic carbocycles. The van der Waals surface area contributed by atoms with Crippen molar-refractivity contribution in [2.75, 3.05) is 11.9 Å². The van der Waals surface area contributed by atoms with E-state index in [1.807, 2.05) is 16.8 Å². The number of esters is 1. The number of non-ortho nitro benzene ring substituents is 1. The van der Waals surface area contributed by atoms with Gasteiger partial charge in [0, 0.05) is 18.2 Å². The third kappa shape index (κ3) is 5.18. The second kappa shape index (κ2) is 8.23. The van der Waals surface area contributed by atoms with E-state index in [2.05, 4.69) is 5.32 Å². The van der Waals surface area contributed by atoms with Gasteiger partial charge in [0.15, 0.2) is 6.61 Å². The van der Waals surface area contributed by atoms with Crippen molar-refractivity contribution < 1.29 is 19.2 Å². The number of carbonyl (C=O) groups is 2. The normalized spacial score (nSPS) is 10.5. The van der Waals surface area contributed by atoms with Gasteiger partial charge in [0.2, 0.25) is 0 Å². The number of nitrogens with zero attached hydrogens (tertiary/aromatic N) is 1. The van der Waals surface area contributed by atoms with Crippen LogP contribution in [0.1, 0.15) is 5.56 Å². The highest BCUT2D eigenvalue weighted by molar-refractivity contribution is 7.08. The number of hydrogen-bond acceptors (Lipinski definition) is 6. The number of amides is 1. The lowest BCUT2D eigenvalue weighted by Gasteiger charge is -2.07. The third-order valence-corrected chi connectivity index (χ3v) is 3.77. The highest BCUT2D eigenvalue weighted by atomic mass is 35.5. The van der Waals surface area contributed by atoms with Gasteiger partial charge in [0.05, 0.1) is 15.6 Å². The third-order valence-electron chi connectivity index (χ3n) is 2.74. The quantitative estimate of drug-likeness (QED) is 0.365. The van der Waals surface area contributed by atoms with Crippen LogP contribution in [-0.4, -0.2) is 23.4 Å². The van der Waals surface area contributed by atoms with Crippen molar-refractivity contribution in [3.63, 3.8) is 0 Å². The lowest BCUT2D eigenvalue weighted by atomic mass is 10.3. The summed E-state index contributed by atoms with van der Waals surface area (Å²) in [6.07, 6.45) is 2.77. The van der Waals surface area contributed by atoms with E-state index in [1.165, 1.54) is 29.5 Å². The van der Waals surface area contributed by atoms with E-state index in [-0.39, 0.29) is 16.4 Å². The number of ether oxygens (including phenoxy) is 1. The molecule has 0 spiro atoms. The second-order valence-corrected chi connectivity index (χ2v) is 5.65. The molecule has 1 heterocycles. The molecular weight excluding hydrogens is 356 g/mol. The number of nitrogens with one attached hydrogen (secondary N) is 1. The first-order chi connectivity index (χ1) is 11.5. The SMILES string of the molecule is O=C(COC(=O)/C=C/c1ccsc1)Nc1cc([N+](=O)[O-])ccc1Cl. The summed E-state index contributed by atoms with van der Waals surface area (Å²) in [5, 5.41) is 16.9. The molecule has 1 aromatic carbocycles.